The molecule has 5 nitrogen and oxygen atoms in total. The van der Waals surface area contributed by atoms with Crippen molar-refractivity contribution in [3.05, 3.63) is 193 Å². The molecule has 0 saturated heterocycles. The van der Waals surface area contributed by atoms with E-state index in [0.717, 1.165) is 39.4 Å². The molecule has 0 fully saturated rings. The topological polar surface area (TPSA) is 33.5 Å². The lowest BCUT2D eigenvalue weighted by molar-refractivity contribution is 0.483. The summed E-state index contributed by atoms with van der Waals surface area (Å²) >= 11 is 0. The maximum Gasteiger partial charge on any atom is 0.137 e. The molecule has 0 atom stereocenters. The molecule has 1 aliphatic heterocycles. The van der Waals surface area contributed by atoms with Crippen LogP contribution in [0.1, 0.15) is 72.1 Å². The summed E-state index contributed by atoms with van der Waals surface area (Å²) in [5.41, 5.74) is 11.6. The van der Waals surface area contributed by atoms with Gasteiger partial charge in [-0.3, -0.25) is 4.57 Å². The number of benzene rings is 6. The molecule has 0 aliphatic carbocycles. The SMILES string of the molecule is CC(C)(C)c1cccc(N2CN(c3cccc(Oc4ccc5c6cc(-c7ccccc7)ccc6n(-c6cc(C(C)(C)C)ccn6)c5c4)c3)C=C2C(C)(C)c2ccccc2)c1. The monoisotopic (exact) mass is 786 g/mol. The summed E-state index contributed by atoms with van der Waals surface area (Å²) in [6.45, 7) is 18.9. The van der Waals surface area contributed by atoms with Crippen LogP contribution in [0, 0.1) is 0 Å². The van der Waals surface area contributed by atoms with Crippen molar-refractivity contribution in [2.24, 2.45) is 0 Å². The van der Waals surface area contributed by atoms with E-state index in [9.17, 15) is 0 Å². The largest absolute Gasteiger partial charge is 0.457 e. The summed E-state index contributed by atoms with van der Waals surface area (Å²) < 4.78 is 9.06. The van der Waals surface area contributed by atoms with E-state index in [1.807, 2.05) is 12.3 Å². The molecule has 0 bridgehead atoms. The summed E-state index contributed by atoms with van der Waals surface area (Å²) in [7, 11) is 0. The molecule has 300 valence electrons. The summed E-state index contributed by atoms with van der Waals surface area (Å²) in [5, 5.41) is 2.33. The zero-order valence-electron chi connectivity index (χ0n) is 36.1. The smallest absolute Gasteiger partial charge is 0.137 e. The van der Waals surface area contributed by atoms with Gasteiger partial charge in [0.15, 0.2) is 0 Å². The van der Waals surface area contributed by atoms with Gasteiger partial charge in [0.25, 0.3) is 0 Å². The van der Waals surface area contributed by atoms with E-state index in [-0.39, 0.29) is 16.2 Å². The van der Waals surface area contributed by atoms with Crippen molar-refractivity contribution in [2.45, 2.75) is 71.6 Å². The van der Waals surface area contributed by atoms with Crippen LogP contribution in [0.15, 0.2) is 176 Å². The molecule has 0 saturated carbocycles. The van der Waals surface area contributed by atoms with Crippen molar-refractivity contribution < 1.29 is 4.74 Å². The third kappa shape index (κ3) is 7.34. The van der Waals surface area contributed by atoms with E-state index >= 15 is 0 Å². The highest BCUT2D eigenvalue weighted by Gasteiger charge is 2.36. The number of nitrogens with zero attached hydrogens (tertiary/aromatic N) is 4. The summed E-state index contributed by atoms with van der Waals surface area (Å²) in [4.78, 5) is 9.75. The molecule has 6 aromatic carbocycles. The molecule has 1 aliphatic rings. The zero-order valence-corrected chi connectivity index (χ0v) is 36.1. The second kappa shape index (κ2) is 14.9. The van der Waals surface area contributed by atoms with Crippen molar-refractivity contribution in [1.29, 1.82) is 0 Å². The first-order valence-corrected chi connectivity index (χ1v) is 21.1. The molecular formula is C55H54N4O. The van der Waals surface area contributed by atoms with E-state index < -0.39 is 0 Å². The number of hydrogen-bond acceptors (Lipinski definition) is 4. The van der Waals surface area contributed by atoms with Gasteiger partial charge in [0.05, 0.1) is 17.7 Å². The fourth-order valence-electron chi connectivity index (χ4n) is 8.50. The minimum Gasteiger partial charge on any atom is -0.457 e. The average Bonchev–Trinajstić information content (AvgIpc) is 3.85. The van der Waals surface area contributed by atoms with Gasteiger partial charge in [-0.15, -0.1) is 0 Å². The molecule has 5 heteroatoms. The van der Waals surface area contributed by atoms with E-state index in [1.54, 1.807) is 0 Å². The van der Waals surface area contributed by atoms with Crippen LogP contribution >= 0.6 is 0 Å². The molecule has 0 N–H and O–H groups in total. The lowest BCUT2D eigenvalue weighted by Gasteiger charge is -2.34. The Kier molecular flexibility index (Phi) is 9.66. The van der Waals surface area contributed by atoms with E-state index in [4.69, 9.17) is 9.72 Å². The first-order chi connectivity index (χ1) is 28.7. The molecule has 60 heavy (non-hydrogen) atoms. The highest BCUT2D eigenvalue weighted by molar-refractivity contribution is 6.10. The second-order valence-electron chi connectivity index (χ2n) is 18.7. The van der Waals surface area contributed by atoms with E-state index in [1.165, 1.54) is 44.6 Å². The minimum atomic E-state index is -0.251. The summed E-state index contributed by atoms with van der Waals surface area (Å²) in [5.74, 6) is 2.43. The fraction of sp³-hybridized carbons (Fsp3) is 0.218. The van der Waals surface area contributed by atoms with Crippen LogP contribution in [-0.2, 0) is 16.2 Å². The van der Waals surface area contributed by atoms with Crippen molar-refractivity contribution in [1.82, 2.24) is 9.55 Å². The number of fused-ring (bicyclic) bond motifs is 3. The second-order valence-corrected chi connectivity index (χ2v) is 18.7. The molecule has 9 rings (SSSR count). The van der Waals surface area contributed by atoms with Crippen LogP contribution in [0.4, 0.5) is 11.4 Å². The maximum atomic E-state index is 6.78. The molecule has 2 aromatic heterocycles. The lowest BCUT2D eigenvalue weighted by Crippen LogP contribution is -2.34. The molecule has 3 heterocycles. The predicted molar refractivity (Wildman–Crippen MR) is 252 cm³/mol. The number of allylic oxidation sites excluding steroid dienone is 1. The Morgan fingerprint density at radius 2 is 1.17 bits per heavy atom. The van der Waals surface area contributed by atoms with Gasteiger partial charge in [0, 0.05) is 57.8 Å². The van der Waals surface area contributed by atoms with Crippen molar-refractivity contribution in [2.75, 3.05) is 16.5 Å². The average molecular weight is 787 g/mol. The first kappa shape index (κ1) is 38.9. The van der Waals surface area contributed by atoms with Gasteiger partial charge in [-0.2, -0.15) is 0 Å². The maximum absolute atomic E-state index is 6.78. The Hall–Kier alpha value is -6.59. The highest BCUT2D eigenvalue weighted by Crippen LogP contribution is 2.43. The van der Waals surface area contributed by atoms with Crippen LogP contribution in [0.3, 0.4) is 0 Å². The zero-order chi connectivity index (χ0) is 41.8. The van der Waals surface area contributed by atoms with Crippen LogP contribution in [-0.4, -0.2) is 16.2 Å². The van der Waals surface area contributed by atoms with Gasteiger partial charge in [-0.1, -0.05) is 140 Å². The number of ether oxygens (including phenoxy) is 1. The van der Waals surface area contributed by atoms with Crippen LogP contribution in [0.2, 0.25) is 0 Å². The van der Waals surface area contributed by atoms with Gasteiger partial charge < -0.3 is 14.5 Å². The van der Waals surface area contributed by atoms with Crippen LogP contribution in [0.25, 0.3) is 38.8 Å². The Morgan fingerprint density at radius 3 is 1.92 bits per heavy atom. The highest BCUT2D eigenvalue weighted by atomic mass is 16.5. The Morgan fingerprint density at radius 1 is 0.500 bits per heavy atom. The third-order valence-corrected chi connectivity index (χ3v) is 12.1. The van der Waals surface area contributed by atoms with Gasteiger partial charge in [-0.05, 0) is 99.3 Å². The van der Waals surface area contributed by atoms with Crippen LogP contribution < -0.4 is 14.5 Å². The van der Waals surface area contributed by atoms with Gasteiger partial charge >= 0.3 is 0 Å². The summed E-state index contributed by atoms with van der Waals surface area (Å²) in [6, 6.07) is 56.4. The quantitative estimate of drug-likeness (QED) is 0.154. The number of pyridine rings is 1. The number of rotatable bonds is 8. The van der Waals surface area contributed by atoms with Crippen LogP contribution in [0.5, 0.6) is 11.5 Å². The third-order valence-electron chi connectivity index (χ3n) is 12.1. The molecular weight excluding hydrogens is 733 g/mol. The first-order valence-electron chi connectivity index (χ1n) is 21.1. The number of hydrogen-bond donors (Lipinski definition) is 0. The number of aromatic nitrogens is 2. The summed E-state index contributed by atoms with van der Waals surface area (Å²) in [6.07, 6.45) is 4.25. The van der Waals surface area contributed by atoms with E-state index in [0.29, 0.717) is 6.67 Å². The standard InChI is InChI=1S/C55H54N4O/c1-53(2,3)41-21-15-23-44(32-41)58-37-57(36-51(58)55(7,8)40-19-13-10-14-20-40)43-22-16-24-45(34-43)60-46-26-27-47-48-31-39(38-17-11-9-12-18-38)25-28-49(48)59(50(47)35-46)52-33-42(29-30-56-52)54(4,5)6/h9-36H,37H2,1-8H3. The normalized spacial score (nSPS) is 13.6. The lowest BCUT2D eigenvalue weighted by atomic mass is 9.81. The van der Waals surface area contributed by atoms with Gasteiger partial charge in [-0.25, -0.2) is 4.98 Å². The Labute approximate surface area is 355 Å². The molecule has 0 unspecified atom stereocenters. The Bertz CT molecular complexity index is 2870. The molecule has 0 radical (unpaired) electrons. The van der Waals surface area contributed by atoms with Crippen molar-refractivity contribution >= 4 is 33.2 Å². The predicted octanol–water partition coefficient (Wildman–Crippen LogP) is 14.3. The van der Waals surface area contributed by atoms with Crippen molar-refractivity contribution in [3.8, 4) is 28.4 Å². The fourth-order valence-corrected chi connectivity index (χ4v) is 8.50. The van der Waals surface area contributed by atoms with E-state index in [2.05, 4.69) is 228 Å². The molecule has 8 aromatic rings. The molecule has 0 spiro atoms. The minimum absolute atomic E-state index is 0.0215. The Balaban J connectivity index is 1.10. The number of anilines is 2. The van der Waals surface area contributed by atoms with Gasteiger partial charge in [0.2, 0.25) is 0 Å². The van der Waals surface area contributed by atoms with Crippen molar-refractivity contribution in [3.63, 3.8) is 0 Å². The van der Waals surface area contributed by atoms with Gasteiger partial charge in [0.1, 0.15) is 17.3 Å². The molecule has 0 amide bonds.